The highest BCUT2D eigenvalue weighted by Gasteiger charge is 2.13. The summed E-state index contributed by atoms with van der Waals surface area (Å²) in [6.07, 6.45) is 0. The number of aryl methyl sites for hydroxylation is 1. The van der Waals surface area contributed by atoms with Crippen molar-refractivity contribution >= 4 is 16.9 Å². The molecule has 1 aromatic heterocycles. The number of hydrogen-bond donors (Lipinski definition) is 2. The molecule has 2 aromatic rings. The van der Waals surface area contributed by atoms with Gasteiger partial charge in [-0.15, -0.1) is 0 Å². The molecule has 0 fully saturated rings. The van der Waals surface area contributed by atoms with E-state index in [1.165, 1.54) is 0 Å². The average molecular weight is 205 g/mol. The van der Waals surface area contributed by atoms with Crippen molar-refractivity contribution in [2.45, 2.75) is 6.61 Å². The molecule has 2 N–H and O–H groups in total. The average Bonchev–Trinajstić information content (AvgIpc) is 2.56. The van der Waals surface area contributed by atoms with E-state index in [0.717, 1.165) is 16.5 Å². The molecule has 0 aliphatic carbocycles. The molecule has 15 heavy (non-hydrogen) atoms. The monoisotopic (exact) mass is 205 g/mol. The van der Waals surface area contributed by atoms with E-state index in [4.69, 9.17) is 10.2 Å². The third-order valence-electron chi connectivity index (χ3n) is 2.53. The fourth-order valence-corrected chi connectivity index (χ4v) is 1.83. The lowest BCUT2D eigenvalue weighted by atomic mass is 10.1. The number of benzene rings is 1. The molecule has 0 atom stereocenters. The van der Waals surface area contributed by atoms with Gasteiger partial charge in [0.1, 0.15) is 5.69 Å². The Morgan fingerprint density at radius 2 is 2.20 bits per heavy atom. The number of para-hydroxylation sites is 1. The van der Waals surface area contributed by atoms with E-state index in [2.05, 4.69) is 0 Å². The lowest BCUT2D eigenvalue weighted by Gasteiger charge is -2.03. The largest absolute Gasteiger partial charge is 0.477 e. The second-order valence-electron chi connectivity index (χ2n) is 3.41. The van der Waals surface area contributed by atoms with Crippen LogP contribution in [0.4, 0.5) is 0 Å². The van der Waals surface area contributed by atoms with Crippen molar-refractivity contribution in [2.24, 2.45) is 7.05 Å². The van der Waals surface area contributed by atoms with E-state index in [9.17, 15) is 4.79 Å². The van der Waals surface area contributed by atoms with E-state index < -0.39 is 5.97 Å². The van der Waals surface area contributed by atoms with Gasteiger partial charge >= 0.3 is 5.97 Å². The van der Waals surface area contributed by atoms with Crippen molar-refractivity contribution in [1.82, 2.24) is 4.57 Å². The maximum absolute atomic E-state index is 10.9. The first-order chi connectivity index (χ1) is 7.15. The van der Waals surface area contributed by atoms with Gasteiger partial charge in [-0.05, 0) is 6.07 Å². The molecule has 0 bridgehead atoms. The maximum atomic E-state index is 10.9. The van der Waals surface area contributed by atoms with Crippen LogP contribution in [-0.4, -0.2) is 20.7 Å². The third-order valence-corrected chi connectivity index (χ3v) is 2.53. The molecule has 78 valence electrons. The first kappa shape index (κ1) is 9.73. The summed E-state index contributed by atoms with van der Waals surface area (Å²) in [4.78, 5) is 10.9. The van der Waals surface area contributed by atoms with Crippen molar-refractivity contribution in [3.8, 4) is 0 Å². The molecular weight excluding hydrogens is 194 g/mol. The number of carboxylic acids is 1. The smallest absolute Gasteiger partial charge is 0.352 e. The standard InChI is InChI=1S/C11H11NO3/c1-12-9(11(14)15)5-7-3-2-4-8(6-13)10(7)12/h2-5,13H,6H2,1H3,(H,14,15). The third kappa shape index (κ3) is 1.39. The predicted molar refractivity (Wildman–Crippen MR) is 55.8 cm³/mol. The summed E-state index contributed by atoms with van der Waals surface area (Å²) in [6.45, 7) is -0.0890. The zero-order valence-electron chi connectivity index (χ0n) is 8.27. The fourth-order valence-electron chi connectivity index (χ4n) is 1.83. The van der Waals surface area contributed by atoms with Crippen LogP contribution >= 0.6 is 0 Å². The van der Waals surface area contributed by atoms with Crippen LogP contribution in [-0.2, 0) is 13.7 Å². The van der Waals surface area contributed by atoms with E-state index in [0.29, 0.717) is 0 Å². The molecule has 0 aliphatic rings. The Hall–Kier alpha value is -1.81. The van der Waals surface area contributed by atoms with Crippen LogP contribution in [0.2, 0.25) is 0 Å². The number of carboxylic acid groups (broad SMARTS) is 1. The quantitative estimate of drug-likeness (QED) is 0.778. The fraction of sp³-hybridized carbons (Fsp3) is 0.182. The Balaban J connectivity index is 2.82. The van der Waals surface area contributed by atoms with Crippen LogP contribution in [0.25, 0.3) is 10.9 Å². The number of aliphatic hydroxyl groups is 1. The predicted octanol–water partition coefficient (Wildman–Crippen LogP) is 1.37. The highest BCUT2D eigenvalue weighted by Crippen LogP contribution is 2.22. The van der Waals surface area contributed by atoms with Crippen LogP contribution < -0.4 is 0 Å². The molecule has 0 radical (unpaired) electrons. The highest BCUT2D eigenvalue weighted by molar-refractivity contribution is 5.95. The van der Waals surface area contributed by atoms with Gasteiger partial charge < -0.3 is 14.8 Å². The Bertz CT molecular complexity index is 528. The normalized spacial score (nSPS) is 10.8. The lowest BCUT2D eigenvalue weighted by Crippen LogP contribution is -2.04. The van der Waals surface area contributed by atoms with Crippen molar-refractivity contribution in [3.05, 3.63) is 35.5 Å². The minimum atomic E-state index is -0.961. The van der Waals surface area contributed by atoms with Crippen molar-refractivity contribution in [3.63, 3.8) is 0 Å². The summed E-state index contributed by atoms with van der Waals surface area (Å²) in [6, 6.07) is 7.03. The van der Waals surface area contributed by atoms with Gasteiger partial charge in [0.05, 0.1) is 12.1 Å². The zero-order chi connectivity index (χ0) is 11.0. The summed E-state index contributed by atoms with van der Waals surface area (Å²) >= 11 is 0. The van der Waals surface area contributed by atoms with Gasteiger partial charge in [0.25, 0.3) is 0 Å². The zero-order valence-corrected chi connectivity index (χ0v) is 8.27. The summed E-state index contributed by atoms with van der Waals surface area (Å²) in [5.41, 5.74) is 1.74. The lowest BCUT2D eigenvalue weighted by molar-refractivity contribution is 0.0687. The van der Waals surface area contributed by atoms with Crippen LogP contribution in [0.1, 0.15) is 16.1 Å². The van der Waals surface area contributed by atoms with Gasteiger partial charge in [0, 0.05) is 18.0 Å². The van der Waals surface area contributed by atoms with Gasteiger partial charge in [-0.3, -0.25) is 0 Å². The SMILES string of the molecule is Cn1c(C(=O)O)cc2cccc(CO)c21. The number of aromatic carboxylic acids is 1. The molecule has 0 amide bonds. The highest BCUT2D eigenvalue weighted by atomic mass is 16.4. The van der Waals surface area contributed by atoms with Gasteiger partial charge in [-0.1, -0.05) is 18.2 Å². The summed E-state index contributed by atoms with van der Waals surface area (Å²) in [5, 5.41) is 18.9. The molecule has 1 aromatic carbocycles. The Kier molecular flexibility index (Phi) is 2.21. The first-order valence-electron chi connectivity index (χ1n) is 4.56. The topological polar surface area (TPSA) is 62.5 Å². The molecule has 1 heterocycles. The molecule has 0 spiro atoms. The molecule has 0 saturated carbocycles. The van der Waals surface area contributed by atoms with Crippen molar-refractivity contribution in [2.75, 3.05) is 0 Å². The van der Waals surface area contributed by atoms with Crippen LogP contribution in [0.3, 0.4) is 0 Å². The summed E-state index contributed by atoms with van der Waals surface area (Å²) in [7, 11) is 1.69. The number of hydrogen-bond acceptors (Lipinski definition) is 2. The number of aromatic nitrogens is 1. The van der Waals surface area contributed by atoms with E-state index >= 15 is 0 Å². The number of carbonyl (C=O) groups is 1. The van der Waals surface area contributed by atoms with Gasteiger partial charge in [0.15, 0.2) is 0 Å². The molecule has 4 heteroatoms. The van der Waals surface area contributed by atoms with Gasteiger partial charge in [-0.25, -0.2) is 4.79 Å². The Morgan fingerprint density at radius 1 is 1.47 bits per heavy atom. The number of fused-ring (bicyclic) bond motifs is 1. The number of rotatable bonds is 2. The van der Waals surface area contributed by atoms with E-state index in [1.54, 1.807) is 29.8 Å². The van der Waals surface area contributed by atoms with Crippen LogP contribution in [0.15, 0.2) is 24.3 Å². The van der Waals surface area contributed by atoms with Crippen molar-refractivity contribution in [1.29, 1.82) is 0 Å². The van der Waals surface area contributed by atoms with Gasteiger partial charge in [-0.2, -0.15) is 0 Å². The minimum absolute atomic E-state index is 0.0890. The molecule has 0 saturated heterocycles. The van der Waals surface area contributed by atoms with Crippen molar-refractivity contribution < 1.29 is 15.0 Å². The molecule has 2 rings (SSSR count). The molecular formula is C11H11NO3. The van der Waals surface area contributed by atoms with Crippen LogP contribution in [0.5, 0.6) is 0 Å². The molecule has 4 nitrogen and oxygen atoms in total. The minimum Gasteiger partial charge on any atom is -0.477 e. The second kappa shape index (κ2) is 3.40. The first-order valence-corrected chi connectivity index (χ1v) is 4.56. The number of aliphatic hydroxyl groups excluding tert-OH is 1. The molecule has 0 unspecified atom stereocenters. The maximum Gasteiger partial charge on any atom is 0.352 e. The summed E-state index contributed by atoms with van der Waals surface area (Å²) in [5.74, 6) is -0.961. The Labute approximate surface area is 86.4 Å². The van der Waals surface area contributed by atoms with Crippen LogP contribution in [0, 0.1) is 0 Å². The van der Waals surface area contributed by atoms with Gasteiger partial charge in [0.2, 0.25) is 0 Å². The van der Waals surface area contributed by atoms with E-state index in [-0.39, 0.29) is 12.3 Å². The Morgan fingerprint density at radius 3 is 2.80 bits per heavy atom. The summed E-state index contributed by atoms with van der Waals surface area (Å²) < 4.78 is 1.59. The molecule has 0 aliphatic heterocycles. The second-order valence-corrected chi connectivity index (χ2v) is 3.41. The number of nitrogens with zero attached hydrogens (tertiary/aromatic N) is 1. The van der Waals surface area contributed by atoms with E-state index in [1.807, 2.05) is 6.07 Å².